The summed E-state index contributed by atoms with van der Waals surface area (Å²) in [5.41, 5.74) is 6.78. The smallest absolute Gasteiger partial charge is 0.174 e. The first-order valence-corrected chi connectivity index (χ1v) is 11.8. The average molecular weight is 472 g/mol. The zero-order valence-corrected chi connectivity index (χ0v) is 20.7. The Bertz CT molecular complexity index is 1280. The molecule has 6 nitrogen and oxygen atoms in total. The van der Waals surface area contributed by atoms with Gasteiger partial charge in [-0.1, -0.05) is 6.07 Å². The van der Waals surface area contributed by atoms with Crippen molar-refractivity contribution in [3.63, 3.8) is 0 Å². The summed E-state index contributed by atoms with van der Waals surface area (Å²) < 4.78 is 7.94. The Hall–Kier alpha value is -3.58. The van der Waals surface area contributed by atoms with Gasteiger partial charge in [0.2, 0.25) is 0 Å². The van der Waals surface area contributed by atoms with Gasteiger partial charge in [0.05, 0.1) is 30.6 Å². The summed E-state index contributed by atoms with van der Waals surface area (Å²) in [6, 6.07) is 20.7. The Labute approximate surface area is 205 Å². The van der Waals surface area contributed by atoms with Crippen LogP contribution < -0.4 is 15.1 Å². The Morgan fingerprint density at radius 3 is 2.50 bits per heavy atom. The van der Waals surface area contributed by atoms with Crippen molar-refractivity contribution < 1.29 is 4.42 Å². The third-order valence-electron chi connectivity index (χ3n) is 6.57. The fourth-order valence-corrected chi connectivity index (χ4v) is 5.14. The average Bonchev–Trinajstić information content (AvgIpc) is 3.54. The summed E-state index contributed by atoms with van der Waals surface area (Å²) >= 11 is 5.89. The van der Waals surface area contributed by atoms with Crippen molar-refractivity contribution in [2.45, 2.75) is 32.5 Å². The molecular formula is C27H29N5OS. The second kappa shape index (κ2) is 8.99. The molecule has 2 atom stereocenters. The molecular weight excluding hydrogens is 442 g/mol. The summed E-state index contributed by atoms with van der Waals surface area (Å²) in [7, 11) is 4.09. The molecule has 0 radical (unpaired) electrons. The van der Waals surface area contributed by atoms with E-state index in [-0.39, 0.29) is 12.1 Å². The van der Waals surface area contributed by atoms with Crippen LogP contribution in [0.3, 0.4) is 0 Å². The Morgan fingerprint density at radius 2 is 1.85 bits per heavy atom. The van der Waals surface area contributed by atoms with E-state index in [2.05, 4.69) is 74.9 Å². The van der Waals surface area contributed by atoms with Gasteiger partial charge in [-0.2, -0.15) is 0 Å². The number of furan rings is 1. The Balaban J connectivity index is 1.61. The van der Waals surface area contributed by atoms with Gasteiger partial charge < -0.3 is 24.1 Å². The van der Waals surface area contributed by atoms with Crippen LogP contribution in [-0.4, -0.2) is 28.8 Å². The lowest BCUT2D eigenvalue weighted by atomic mass is 9.96. The first kappa shape index (κ1) is 22.2. The summed E-state index contributed by atoms with van der Waals surface area (Å²) in [6.45, 7) is 5.02. The highest BCUT2D eigenvalue weighted by molar-refractivity contribution is 7.80. The third-order valence-corrected chi connectivity index (χ3v) is 6.88. The molecule has 0 bridgehead atoms. The van der Waals surface area contributed by atoms with E-state index in [1.807, 2.05) is 44.6 Å². The standard InChI is InChI=1S/C27H29N5OS/c1-18-16-23(19(2)31(18)17-22-8-7-15-33-22)26-25(24-9-5-6-14-28-24)29-27(34)32(26)21-12-10-20(11-13-21)30(3)4/h5-16,25-26H,17H2,1-4H3,(H,29,34)/t25-,26-/m1/s1. The van der Waals surface area contributed by atoms with Crippen LogP contribution in [0, 0.1) is 13.8 Å². The number of benzene rings is 1. The number of nitrogens with zero attached hydrogens (tertiary/aromatic N) is 4. The van der Waals surface area contributed by atoms with E-state index in [4.69, 9.17) is 16.6 Å². The molecule has 0 saturated carbocycles. The molecule has 1 fully saturated rings. The first-order valence-electron chi connectivity index (χ1n) is 11.4. The molecule has 0 unspecified atom stereocenters. The van der Waals surface area contributed by atoms with Crippen LogP contribution in [0.5, 0.6) is 0 Å². The molecule has 5 rings (SSSR count). The minimum Gasteiger partial charge on any atom is -0.467 e. The molecule has 4 heterocycles. The zero-order chi connectivity index (χ0) is 23.8. The predicted molar refractivity (Wildman–Crippen MR) is 140 cm³/mol. The molecule has 1 aliphatic rings. The molecule has 0 amide bonds. The maximum Gasteiger partial charge on any atom is 0.174 e. The van der Waals surface area contributed by atoms with E-state index < -0.39 is 0 Å². The van der Waals surface area contributed by atoms with Crippen molar-refractivity contribution in [2.24, 2.45) is 0 Å². The van der Waals surface area contributed by atoms with Crippen molar-refractivity contribution in [3.8, 4) is 0 Å². The third kappa shape index (κ3) is 3.96. The van der Waals surface area contributed by atoms with Crippen LogP contribution in [0.2, 0.25) is 0 Å². The van der Waals surface area contributed by atoms with Crippen LogP contribution in [0.15, 0.2) is 77.5 Å². The van der Waals surface area contributed by atoms with E-state index in [0.29, 0.717) is 11.7 Å². The van der Waals surface area contributed by atoms with Gasteiger partial charge in [-0.15, -0.1) is 0 Å². The highest BCUT2D eigenvalue weighted by Gasteiger charge is 2.42. The molecule has 1 saturated heterocycles. The highest BCUT2D eigenvalue weighted by Crippen LogP contribution is 2.43. The maximum absolute atomic E-state index is 5.89. The lowest BCUT2D eigenvalue weighted by molar-refractivity contribution is 0.488. The zero-order valence-electron chi connectivity index (χ0n) is 19.9. The Morgan fingerprint density at radius 1 is 1.06 bits per heavy atom. The fraction of sp³-hybridized carbons (Fsp3) is 0.259. The molecule has 7 heteroatoms. The van der Waals surface area contributed by atoms with Gasteiger partial charge in [-0.25, -0.2) is 0 Å². The van der Waals surface area contributed by atoms with E-state index in [1.54, 1.807) is 6.26 Å². The predicted octanol–water partition coefficient (Wildman–Crippen LogP) is 5.38. The lowest BCUT2D eigenvalue weighted by Gasteiger charge is -2.28. The second-order valence-electron chi connectivity index (χ2n) is 8.90. The van der Waals surface area contributed by atoms with Crippen molar-refractivity contribution in [3.05, 3.63) is 102 Å². The summed E-state index contributed by atoms with van der Waals surface area (Å²) in [4.78, 5) is 9.01. The topological polar surface area (TPSA) is 49.5 Å². The maximum atomic E-state index is 5.89. The molecule has 0 spiro atoms. The molecule has 0 aliphatic carbocycles. The highest BCUT2D eigenvalue weighted by atomic mass is 32.1. The summed E-state index contributed by atoms with van der Waals surface area (Å²) in [5.74, 6) is 0.936. The molecule has 4 aromatic rings. The first-order chi connectivity index (χ1) is 16.4. The van der Waals surface area contributed by atoms with Gasteiger partial charge in [0.15, 0.2) is 5.11 Å². The normalized spacial score (nSPS) is 17.8. The van der Waals surface area contributed by atoms with E-state index >= 15 is 0 Å². The summed E-state index contributed by atoms with van der Waals surface area (Å²) in [6.07, 6.45) is 3.56. The number of nitrogens with one attached hydrogen (secondary N) is 1. The number of anilines is 2. The van der Waals surface area contributed by atoms with Crippen molar-refractivity contribution >= 4 is 28.7 Å². The quantitative estimate of drug-likeness (QED) is 0.381. The van der Waals surface area contributed by atoms with Crippen LogP contribution in [0.1, 0.15) is 40.5 Å². The van der Waals surface area contributed by atoms with E-state index in [0.717, 1.165) is 22.8 Å². The van der Waals surface area contributed by atoms with E-state index in [1.165, 1.54) is 17.0 Å². The minimum absolute atomic E-state index is 0.0378. The number of hydrogen-bond donors (Lipinski definition) is 1. The van der Waals surface area contributed by atoms with Gasteiger partial charge >= 0.3 is 0 Å². The van der Waals surface area contributed by atoms with Crippen molar-refractivity contribution in [1.82, 2.24) is 14.9 Å². The van der Waals surface area contributed by atoms with E-state index in [9.17, 15) is 0 Å². The van der Waals surface area contributed by atoms with Crippen LogP contribution >= 0.6 is 12.2 Å². The largest absolute Gasteiger partial charge is 0.467 e. The second-order valence-corrected chi connectivity index (χ2v) is 9.29. The molecule has 1 aromatic carbocycles. The SMILES string of the molecule is Cc1cc([C@@H]2[C@@H](c3ccccn3)NC(=S)N2c2ccc(N(C)C)cc2)c(C)n1Cc1ccco1. The number of thiocarbonyl (C=S) groups is 1. The molecule has 34 heavy (non-hydrogen) atoms. The number of aromatic nitrogens is 2. The Kier molecular flexibility index (Phi) is 5.87. The molecule has 174 valence electrons. The van der Waals surface area contributed by atoms with Crippen LogP contribution in [-0.2, 0) is 6.54 Å². The molecule has 3 aromatic heterocycles. The van der Waals surface area contributed by atoms with Gasteiger partial charge in [-0.3, -0.25) is 4.98 Å². The number of rotatable bonds is 6. The van der Waals surface area contributed by atoms with Gasteiger partial charge in [0, 0.05) is 43.1 Å². The monoisotopic (exact) mass is 471 g/mol. The van der Waals surface area contributed by atoms with Crippen LogP contribution in [0.4, 0.5) is 11.4 Å². The summed E-state index contributed by atoms with van der Waals surface area (Å²) in [5, 5.41) is 4.27. The van der Waals surface area contributed by atoms with Crippen LogP contribution in [0.25, 0.3) is 0 Å². The number of pyridine rings is 1. The van der Waals surface area contributed by atoms with Gasteiger partial charge in [0.25, 0.3) is 0 Å². The molecule has 1 aliphatic heterocycles. The minimum atomic E-state index is -0.0696. The van der Waals surface area contributed by atoms with Crippen molar-refractivity contribution in [2.75, 3.05) is 23.9 Å². The van der Waals surface area contributed by atoms with Gasteiger partial charge in [-0.05, 0) is 86.2 Å². The number of aryl methyl sites for hydroxylation is 1. The number of hydrogen-bond acceptors (Lipinski definition) is 4. The lowest BCUT2D eigenvalue weighted by Crippen LogP contribution is -2.29. The van der Waals surface area contributed by atoms with Crippen molar-refractivity contribution in [1.29, 1.82) is 0 Å². The fourth-order valence-electron chi connectivity index (χ4n) is 4.79. The van der Waals surface area contributed by atoms with Gasteiger partial charge in [0.1, 0.15) is 5.76 Å². The molecule has 1 N–H and O–H groups in total.